The molecule has 2 heterocycles. The molecule has 0 radical (unpaired) electrons. The SMILES string of the molecule is CN(C)c1ccc(C(=O)NCc2ccccc2N2CCCC2)cn1. The Hall–Kier alpha value is -2.56. The monoisotopic (exact) mass is 324 g/mol. The van der Waals surface area contributed by atoms with Crippen LogP contribution in [0.3, 0.4) is 0 Å². The fourth-order valence-corrected chi connectivity index (χ4v) is 2.99. The van der Waals surface area contributed by atoms with Crippen LogP contribution in [0.2, 0.25) is 0 Å². The summed E-state index contributed by atoms with van der Waals surface area (Å²) in [6.07, 6.45) is 4.10. The summed E-state index contributed by atoms with van der Waals surface area (Å²) < 4.78 is 0. The minimum Gasteiger partial charge on any atom is -0.371 e. The summed E-state index contributed by atoms with van der Waals surface area (Å²) in [5.74, 6) is 0.745. The third kappa shape index (κ3) is 3.67. The van der Waals surface area contributed by atoms with Crippen LogP contribution < -0.4 is 15.1 Å². The van der Waals surface area contributed by atoms with Gasteiger partial charge in [0.1, 0.15) is 5.82 Å². The second-order valence-corrected chi connectivity index (χ2v) is 6.31. The Morgan fingerprint density at radius 2 is 1.92 bits per heavy atom. The molecule has 5 nitrogen and oxygen atoms in total. The van der Waals surface area contributed by atoms with Crippen molar-refractivity contribution in [2.45, 2.75) is 19.4 Å². The second-order valence-electron chi connectivity index (χ2n) is 6.31. The number of carbonyl (C=O) groups is 1. The molecule has 1 aliphatic heterocycles. The quantitative estimate of drug-likeness (QED) is 0.919. The molecule has 1 aromatic heterocycles. The van der Waals surface area contributed by atoms with Crippen LogP contribution in [-0.2, 0) is 6.54 Å². The lowest BCUT2D eigenvalue weighted by atomic mass is 10.1. The lowest BCUT2D eigenvalue weighted by Crippen LogP contribution is -2.25. The Morgan fingerprint density at radius 3 is 2.58 bits per heavy atom. The maximum Gasteiger partial charge on any atom is 0.253 e. The van der Waals surface area contributed by atoms with E-state index in [4.69, 9.17) is 0 Å². The third-order valence-corrected chi connectivity index (χ3v) is 4.35. The molecule has 0 saturated carbocycles. The number of hydrogen-bond donors (Lipinski definition) is 1. The highest BCUT2D eigenvalue weighted by atomic mass is 16.1. The van der Waals surface area contributed by atoms with E-state index in [1.165, 1.54) is 18.5 Å². The van der Waals surface area contributed by atoms with Crippen LogP contribution in [0, 0.1) is 0 Å². The van der Waals surface area contributed by atoms with Gasteiger partial charge in [-0.05, 0) is 36.6 Å². The van der Waals surface area contributed by atoms with Gasteiger partial charge in [0.25, 0.3) is 5.91 Å². The maximum absolute atomic E-state index is 12.4. The van der Waals surface area contributed by atoms with Crippen molar-refractivity contribution in [2.75, 3.05) is 37.0 Å². The second kappa shape index (κ2) is 7.34. The molecule has 1 saturated heterocycles. The molecule has 1 aliphatic rings. The largest absolute Gasteiger partial charge is 0.371 e. The van der Waals surface area contributed by atoms with Gasteiger partial charge in [-0.15, -0.1) is 0 Å². The van der Waals surface area contributed by atoms with Crippen molar-refractivity contribution in [3.05, 3.63) is 53.7 Å². The van der Waals surface area contributed by atoms with Gasteiger partial charge in [0.05, 0.1) is 5.56 Å². The van der Waals surface area contributed by atoms with Crippen LogP contribution in [-0.4, -0.2) is 38.1 Å². The predicted octanol–water partition coefficient (Wildman–Crippen LogP) is 2.68. The molecule has 1 amide bonds. The molecule has 3 rings (SSSR count). The lowest BCUT2D eigenvalue weighted by Gasteiger charge is -2.21. The summed E-state index contributed by atoms with van der Waals surface area (Å²) in [6.45, 7) is 2.72. The summed E-state index contributed by atoms with van der Waals surface area (Å²) in [7, 11) is 3.86. The van der Waals surface area contributed by atoms with Gasteiger partial charge in [0.2, 0.25) is 0 Å². The number of pyridine rings is 1. The number of para-hydroxylation sites is 1. The van der Waals surface area contributed by atoms with Crippen molar-refractivity contribution in [2.24, 2.45) is 0 Å². The molecule has 5 heteroatoms. The first-order valence-electron chi connectivity index (χ1n) is 8.39. The summed E-state index contributed by atoms with van der Waals surface area (Å²) >= 11 is 0. The summed E-state index contributed by atoms with van der Waals surface area (Å²) in [4.78, 5) is 21.0. The molecular formula is C19H24N4O. The van der Waals surface area contributed by atoms with Crippen molar-refractivity contribution < 1.29 is 4.79 Å². The smallest absolute Gasteiger partial charge is 0.253 e. The van der Waals surface area contributed by atoms with Gasteiger partial charge in [-0.3, -0.25) is 4.79 Å². The molecule has 1 N–H and O–H groups in total. The van der Waals surface area contributed by atoms with E-state index in [0.717, 1.165) is 24.5 Å². The number of rotatable bonds is 5. The summed E-state index contributed by atoms with van der Waals surface area (Å²) in [5.41, 5.74) is 2.97. The van der Waals surface area contributed by atoms with Crippen LogP contribution in [0.25, 0.3) is 0 Å². The fraction of sp³-hybridized carbons (Fsp3) is 0.368. The van der Waals surface area contributed by atoms with Crippen LogP contribution in [0.1, 0.15) is 28.8 Å². The van der Waals surface area contributed by atoms with Crippen LogP contribution in [0.15, 0.2) is 42.6 Å². The number of amides is 1. The molecule has 1 fully saturated rings. The Kier molecular flexibility index (Phi) is 4.99. The molecule has 0 spiro atoms. The topological polar surface area (TPSA) is 48.5 Å². The summed E-state index contributed by atoms with van der Waals surface area (Å²) in [5, 5.41) is 3.01. The average Bonchev–Trinajstić information content (AvgIpc) is 3.14. The zero-order valence-electron chi connectivity index (χ0n) is 14.3. The van der Waals surface area contributed by atoms with Gasteiger partial charge >= 0.3 is 0 Å². The highest BCUT2D eigenvalue weighted by molar-refractivity contribution is 5.94. The Bertz CT molecular complexity index is 691. The molecule has 0 aliphatic carbocycles. The van der Waals surface area contributed by atoms with Gasteiger partial charge in [-0.25, -0.2) is 4.98 Å². The number of benzene rings is 1. The van der Waals surface area contributed by atoms with Gasteiger partial charge in [-0.1, -0.05) is 18.2 Å². The highest BCUT2D eigenvalue weighted by Crippen LogP contribution is 2.24. The number of aromatic nitrogens is 1. The van der Waals surface area contributed by atoms with Gasteiger partial charge in [-0.2, -0.15) is 0 Å². The standard InChI is InChI=1S/C19H24N4O/c1-22(2)18-10-9-16(14-20-18)19(24)21-13-15-7-3-4-8-17(15)23-11-5-6-12-23/h3-4,7-10,14H,5-6,11-13H2,1-2H3,(H,21,24). The summed E-state index contributed by atoms with van der Waals surface area (Å²) in [6, 6.07) is 12.0. The minimum absolute atomic E-state index is 0.0935. The van der Waals surface area contributed by atoms with Crippen molar-refractivity contribution in [3.8, 4) is 0 Å². The molecule has 0 unspecified atom stereocenters. The van der Waals surface area contributed by atoms with Crippen molar-refractivity contribution in [1.29, 1.82) is 0 Å². The van der Waals surface area contributed by atoms with Crippen molar-refractivity contribution in [3.63, 3.8) is 0 Å². The Labute approximate surface area is 143 Å². The molecule has 0 bridgehead atoms. The van der Waals surface area contributed by atoms with E-state index >= 15 is 0 Å². The number of anilines is 2. The van der Waals surface area contributed by atoms with E-state index in [-0.39, 0.29) is 5.91 Å². The predicted molar refractivity (Wildman–Crippen MR) is 97.6 cm³/mol. The normalized spacial score (nSPS) is 13.8. The molecule has 2 aromatic rings. The molecule has 24 heavy (non-hydrogen) atoms. The van der Waals surface area contributed by atoms with E-state index < -0.39 is 0 Å². The first-order chi connectivity index (χ1) is 11.6. The zero-order chi connectivity index (χ0) is 16.9. The highest BCUT2D eigenvalue weighted by Gasteiger charge is 2.16. The third-order valence-electron chi connectivity index (χ3n) is 4.35. The lowest BCUT2D eigenvalue weighted by molar-refractivity contribution is 0.0950. The molecule has 0 atom stereocenters. The number of nitrogens with one attached hydrogen (secondary N) is 1. The van der Waals surface area contributed by atoms with E-state index in [0.29, 0.717) is 12.1 Å². The number of carbonyl (C=O) groups excluding carboxylic acids is 1. The van der Waals surface area contributed by atoms with Crippen LogP contribution in [0.5, 0.6) is 0 Å². The van der Waals surface area contributed by atoms with E-state index in [1.807, 2.05) is 37.2 Å². The molecule has 1 aromatic carbocycles. The van der Waals surface area contributed by atoms with Crippen molar-refractivity contribution >= 4 is 17.4 Å². The zero-order valence-corrected chi connectivity index (χ0v) is 14.3. The molecular weight excluding hydrogens is 300 g/mol. The van der Waals surface area contributed by atoms with E-state index in [9.17, 15) is 4.79 Å². The maximum atomic E-state index is 12.4. The van der Waals surface area contributed by atoms with Gasteiger partial charge in [0, 0.05) is 45.6 Å². The van der Waals surface area contributed by atoms with E-state index in [2.05, 4.69) is 33.4 Å². The van der Waals surface area contributed by atoms with E-state index in [1.54, 1.807) is 6.20 Å². The van der Waals surface area contributed by atoms with Gasteiger partial charge in [0.15, 0.2) is 0 Å². The number of hydrogen-bond acceptors (Lipinski definition) is 4. The van der Waals surface area contributed by atoms with Gasteiger partial charge < -0.3 is 15.1 Å². The number of nitrogens with zero attached hydrogens (tertiary/aromatic N) is 3. The Balaban J connectivity index is 1.66. The first kappa shape index (κ1) is 16.3. The fourth-order valence-electron chi connectivity index (χ4n) is 2.99. The first-order valence-corrected chi connectivity index (χ1v) is 8.39. The molecule has 126 valence electrons. The minimum atomic E-state index is -0.0935. The van der Waals surface area contributed by atoms with Crippen molar-refractivity contribution in [1.82, 2.24) is 10.3 Å². The Morgan fingerprint density at radius 1 is 1.17 bits per heavy atom. The van der Waals surface area contributed by atoms with Crippen LogP contribution >= 0.6 is 0 Å². The average molecular weight is 324 g/mol. The van der Waals surface area contributed by atoms with Crippen LogP contribution in [0.4, 0.5) is 11.5 Å².